The van der Waals surface area contributed by atoms with Crippen molar-refractivity contribution in [1.29, 1.82) is 0 Å². The number of ether oxygens (including phenoxy) is 1. The summed E-state index contributed by atoms with van der Waals surface area (Å²) in [5, 5.41) is 6.41. The summed E-state index contributed by atoms with van der Waals surface area (Å²) in [6.07, 6.45) is 3.75. The second kappa shape index (κ2) is 5.44. The Kier molecular flexibility index (Phi) is 3.66. The fraction of sp³-hybridized carbons (Fsp3) is 0.562. The van der Waals surface area contributed by atoms with E-state index in [2.05, 4.69) is 10.6 Å². The Morgan fingerprint density at radius 3 is 2.90 bits per heavy atom. The Balaban J connectivity index is 1.73. The van der Waals surface area contributed by atoms with E-state index in [-0.39, 0.29) is 18.1 Å². The highest BCUT2D eigenvalue weighted by Gasteiger charge is 2.41. The quantitative estimate of drug-likeness (QED) is 0.887. The lowest BCUT2D eigenvalue weighted by molar-refractivity contribution is 0.0841. The number of anilines is 1. The summed E-state index contributed by atoms with van der Waals surface area (Å²) < 4.78 is 5.79. The molecule has 0 aromatic heterocycles. The van der Waals surface area contributed by atoms with Crippen LogP contribution >= 0.6 is 0 Å². The number of carbonyl (C=O) groups excluding carboxylic acids is 1. The number of rotatable bonds is 4. The van der Waals surface area contributed by atoms with E-state index in [1.54, 1.807) is 0 Å². The van der Waals surface area contributed by atoms with Crippen LogP contribution in [-0.4, -0.2) is 30.7 Å². The highest BCUT2D eigenvalue weighted by atomic mass is 16.5. The van der Waals surface area contributed by atoms with Gasteiger partial charge in [0.2, 0.25) is 0 Å². The van der Waals surface area contributed by atoms with E-state index >= 15 is 0 Å². The van der Waals surface area contributed by atoms with Crippen molar-refractivity contribution in [3.05, 3.63) is 29.3 Å². The van der Waals surface area contributed by atoms with Gasteiger partial charge in [-0.25, -0.2) is 0 Å². The van der Waals surface area contributed by atoms with E-state index in [1.165, 1.54) is 0 Å². The van der Waals surface area contributed by atoms with Crippen LogP contribution in [0.4, 0.5) is 5.69 Å². The van der Waals surface area contributed by atoms with Crippen LogP contribution in [-0.2, 0) is 4.74 Å². The van der Waals surface area contributed by atoms with Crippen molar-refractivity contribution < 1.29 is 9.53 Å². The van der Waals surface area contributed by atoms with Gasteiger partial charge in [0.15, 0.2) is 0 Å². The second-order valence-corrected chi connectivity index (χ2v) is 5.77. The topological polar surface area (TPSA) is 50.4 Å². The maximum atomic E-state index is 12.5. The first kappa shape index (κ1) is 13.4. The number of benzene rings is 1. The van der Waals surface area contributed by atoms with Gasteiger partial charge in [0.25, 0.3) is 5.91 Å². The van der Waals surface area contributed by atoms with Crippen LogP contribution in [0.2, 0.25) is 0 Å². The van der Waals surface area contributed by atoms with Gasteiger partial charge in [-0.3, -0.25) is 4.79 Å². The summed E-state index contributed by atoms with van der Waals surface area (Å²) >= 11 is 0. The number of fused-ring (bicyclic) bond motifs is 2. The zero-order valence-electron chi connectivity index (χ0n) is 12.1. The van der Waals surface area contributed by atoms with Gasteiger partial charge in [-0.05, 0) is 50.8 Å². The lowest BCUT2D eigenvalue weighted by Crippen LogP contribution is -2.41. The maximum Gasteiger partial charge on any atom is 0.253 e. The molecule has 2 fully saturated rings. The minimum Gasteiger partial charge on any atom is -0.385 e. The molecule has 1 aromatic rings. The minimum atomic E-state index is 0.00194. The summed E-state index contributed by atoms with van der Waals surface area (Å²) in [6, 6.07) is 6.08. The lowest BCUT2D eigenvalue weighted by Gasteiger charge is -2.21. The number of hydrogen-bond acceptors (Lipinski definition) is 3. The fourth-order valence-electron chi connectivity index (χ4n) is 3.23. The molecular weight excluding hydrogens is 252 g/mol. The Labute approximate surface area is 119 Å². The molecule has 108 valence electrons. The first-order valence-electron chi connectivity index (χ1n) is 7.48. The van der Waals surface area contributed by atoms with E-state index in [0.29, 0.717) is 6.10 Å². The highest BCUT2D eigenvalue weighted by Crippen LogP contribution is 2.34. The Morgan fingerprint density at radius 2 is 2.25 bits per heavy atom. The molecule has 1 aromatic carbocycles. The first-order valence-corrected chi connectivity index (χ1v) is 7.48. The van der Waals surface area contributed by atoms with Crippen LogP contribution in [0.3, 0.4) is 0 Å². The van der Waals surface area contributed by atoms with Gasteiger partial charge in [-0.15, -0.1) is 0 Å². The molecule has 1 amide bonds. The molecule has 2 heterocycles. The molecule has 0 aliphatic carbocycles. The molecule has 20 heavy (non-hydrogen) atoms. The molecule has 2 bridgehead atoms. The summed E-state index contributed by atoms with van der Waals surface area (Å²) in [4.78, 5) is 12.5. The largest absolute Gasteiger partial charge is 0.385 e. The summed E-state index contributed by atoms with van der Waals surface area (Å²) in [6.45, 7) is 4.88. The van der Waals surface area contributed by atoms with Gasteiger partial charge in [0.1, 0.15) is 0 Å². The van der Waals surface area contributed by atoms with Crippen molar-refractivity contribution in [2.24, 2.45) is 0 Å². The van der Waals surface area contributed by atoms with Gasteiger partial charge in [0.05, 0.1) is 23.8 Å². The second-order valence-electron chi connectivity index (χ2n) is 5.77. The van der Waals surface area contributed by atoms with E-state index in [1.807, 2.05) is 32.0 Å². The monoisotopic (exact) mass is 274 g/mol. The summed E-state index contributed by atoms with van der Waals surface area (Å²) in [7, 11) is 0. The molecule has 2 aliphatic rings. The van der Waals surface area contributed by atoms with Crippen LogP contribution in [0.5, 0.6) is 0 Å². The third kappa shape index (κ3) is 2.52. The molecular formula is C16H22N2O2. The highest BCUT2D eigenvalue weighted by molar-refractivity contribution is 6.00. The zero-order chi connectivity index (χ0) is 14.1. The van der Waals surface area contributed by atoms with Crippen molar-refractivity contribution in [3.63, 3.8) is 0 Å². The number of aryl methyl sites for hydroxylation is 1. The summed E-state index contributed by atoms with van der Waals surface area (Å²) in [5.41, 5.74) is 2.79. The van der Waals surface area contributed by atoms with Crippen LogP contribution in [0.15, 0.2) is 18.2 Å². The fourth-order valence-corrected chi connectivity index (χ4v) is 3.23. The van der Waals surface area contributed by atoms with E-state index < -0.39 is 0 Å². The maximum absolute atomic E-state index is 12.5. The molecule has 4 nitrogen and oxygen atoms in total. The SMILES string of the molecule is CCNc1cc(C)ccc1C(=O)NC1CC2CCC1O2. The summed E-state index contributed by atoms with van der Waals surface area (Å²) in [5.74, 6) is 0.00194. The van der Waals surface area contributed by atoms with Crippen molar-refractivity contribution in [3.8, 4) is 0 Å². The van der Waals surface area contributed by atoms with Gasteiger partial charge in [-0.1, -0.05) is 6.07 Å². The van der Waals surface area contributed by atoms with Gasteiger partial charge < -0.3 is 15.4 Å². The molecule has 2 saturated heterocycles. The molecule has 2 aliphatic heterocycles. The average molecular weight is 274 g/mol. The van der Waals surface area contributed by atoms with Gasteiger partial charge in [-0.2, -0.15) is 0 Å². The van der Waals surface area contributed by atoms with Crippen molar-refractivity contribution in [2.75, 3.05) is 11.9 Å². The lowest BCUT2D eigenvalue weighted by atomic mass is 9.95. The normalized spacial score (nSPS) is 27.6. The van der Waals surface area contributed by atoms with Crippen LogP contribution in [0, 0.1) is 6.92 Å². The molecule has 3 atom stereocenters. The Bertz CT molecular complexity index is 515. The number of amides is 1. The molecule has 2 N–H and O–H groups in total. The Hall–Kier alpha value is -1.55. The molecule has 0 radical (unpaired) electrons. The zero-order valence-corrected chi connectivity index (χ0v) is 12.1. The predicted molar refractivity (Wildman–Crippen MR) is 79.1 cm³/mol. The van der Waals surface area contributed by atoms with Crippen LogP contribution in [0.1, 0.15) is 42.1 Å². The standard InChI is InChI=1S/C16H22N2O2/c1-3-17-13-8-10(2)4-6-12(13)16(19)18-14-9-11-5-7-15(14)20-11/h4,6,8,11,14-15,17H,3,5,7,9H2,1-2H3,(H,18,19). The average Bonchev–Trinajstić information content (AvgIpc) is 3.01. The number of nitrogens with one attached hydrogen (secondary N) is 2. The first-order chi connectivity index (χ1) is 9.67. The van der Waals surface area contributed by atoms with Gasteiger partial charge >= 0.3 is 0 Å². The molecule has 3 unspecified atom stereocenters. The van der Waals surface area contributed by atoms with E-state index in [0.717, 1.165) is 42.6 Å². The van der Waals surface area contributed by atoms with Crippen molar-refractivity contribution >= 4 is 11.6 Å². The molecule has 4 heteroatoms. The van der Waals surface area contributed by atoms with E-state index in [9.17, 15) is 4.79 Å². The van der Waals surface area contributed by atoms with E-state index in [4.69, 9.17) is 4.74 Å². The predicted octanol–water partition coefficient (Wildman–Crippen LogP) is 2.48. The molecule has 3 rings (SSSR count). The smallest absolute Gasteiger partial charge is 0.253 e. The molecule has 0 spiro atoms. The minimum absolute atomic E-state index is 0.00194. The number of hydrogen-bond donors (Lipinski definition) is 2. The Morgan fingerprint density at radius 1 is 1.40 bits per heavy atom. The third-order valence-corrected chi connectivity index (χ3v) is 4.21. The van der Waals surface area contributed by atoms with Crippen LogP contribution < -0.4 is 10.6 Å². The number of carbonyl (C=O) groups is 1. The van der Waals surface area contributed by atoms with Gasteiger partial charge in [0, 0.05) is 12.2 Å². The van der Waals surface area contributed by atoms with Crippen molar-refractivity contribution in [1.82, 2.24) is 5.32 Å². The van der Waals surface area contributed by atoms with Crippen molar-refractivity contribution in [2.45, 2.75) is 51.4 Å². The third-order valence-electron chi connectivity index (χ3n) is 4.21. The molecule has 0 saturated carbocycles. The van der Waals surface area contributed by atoms with Crippen LogP contribution in [0.25, 0.3) is 0 Å².